The standard InChI is InChI=1S/C43H76O4/c1-17-41(16,18-2)27(8)39(12,13)42(19-3,20-4)35(26(7)44)40(14,15)43(21-5,22-6)36(38(9,10)11)37(45)47-31-24-28-23-30(31)33-29(28)25-32-34(33)46-32/h27-36H,17-25H2,1-16H3. The third kappa shape index (κ3) is 5.71. The number of esters is 1. The summed E-state index contributed by atoms with van der Waals surface area (Å²) in [5.74, 6) is 2.64. The Morgan fingerprint density at radius 3 is 1.66 bits per heavy atom. The summed E-state index contributed by atoms with van der Waals surface area (Å²) in [7, 11) is 0. The van der Waals surface area contributed by atoms with Crippen molar-refractivity contribution < 1.29 is 19.1 Å². The van der Waals surface area contributed by atoms with Crippen molar-refractivity contribution in [3.63, 3.8) is 0 Å². The Morgan fingerprint density at radius 2 is 1.21 bits per heavy atom. The van der Waals surface area contributed by atoms with Gasteiger partial charge in [-0.15, -0.1) is 0 Å². The molecule has 4 nitrogen and oxygen atoms in total. The van der Waals surface area contributed by atoms with Crippen molar-refractivity contribution in [2.75, 3.05) is 0 Å². The number of ketones is 1. The van der Waals surface area contributed by atoms with Crippen molar-refractivity contribution in [3.05, 3.63) is 0 Å². The molecule has 2 bridgehead atoms. The first kappa shape index (κ1) is 38.9. The third-order valence-electron chi connectivity index (χ3n) is 17.1. The van der Waals surface area contributed by atoms with Crippen molar-refractivity contribution in [3.8, 4) is 0 Å². The SMILES string of the molecule is CCC(C)(CC)C(C)C(C)(C)C(CC)(CC)C(C(C)=O)C(C)(C)C(CC)(CC)C(C(=O)OC1CC2CC1C1C2CC2OC21)C(C)(C)C. The largest absolute Gasteiger partial charge is 0.462 e. The summed E-state index contributed by atoms with van der Waals surface area (Å²) in [6, 6.07) is 0. The van der Waals surface area contributed by atoms with E-state index in [9.17, 15) is 9.59 Å². The maximum atomic E-state index is 15.0. The first-order valence-corrected chi connectivity index (χ1v) is 20.0. The van der Waals surface area contributed by atoms with Crippen molar-refractivity contribution in [1.82, 2.24) is 0 Å². The van der Waals surface area contributed by atoms with E-state index in [1.165, 1.54) is 12.8 Å². The average molecular weight is 657 g/mol. The quantitative estimate of drug-likeness (QED) is 0.123. The van der Waals surface area contributed by atoms with Gasteiger partial charge in [-0.2, -0.15) is 0 Å². The Kier molecular flexibility index (Phi) is 10.8. The molecule has 3 aliphatic carbocycles. The Labute approximate surface area is 291 Å². The molecule has 0 aromatic carbocycles. The zero-order valence-electron chi connectivity index (χ0n) is 33.8. The van der Waals surface area contributed by atoms with Crippen LogP contribution in [0, 0.1) is 73.9 Å². The molecule has 47 heavy (non-hydrogen) atoms. The van der Waals surface area contributed by atoms with Crippen molar-refractivity contribution in [1.29, 1.82) is 0 Å². The summed E-state index contributed by atoms with van der Waals surface area (Å²) in [6.45, 7) is 37.0. The van der Waals surface area contributed by atoms with Gasteiger partial charge in [0.05, 0.1) is 18.1 Å². The number of ether oxygens (including phenoxy) is 2. The Hall–Kier alpha value is -0.900. The van der Waals surface area contributed by atoms with Crippen LogP contribution in [0.5, 0.6) is 0 Å². The van der Waals surface area contributed by atoms with Crippen LogP contribution in [-0.4, -0.2) is 30.1 Å². The van der Waals surface area contributed by atoms with Crippen LogP contribution in [0.25, 0.3) is 0 Å². The predicted molar refractivity (Wildman–Crippen MR) is 195 cm³/mol. The van der Waals surface area contributed by atoms with Gasteiger partial charge < -0.3 is 9.47 Å². The Morgan fingerprint density at radius 1 is 0.702 bits per heavy atom. The molecule has 4 fully saturated rings. The lowest BCUT2D eigenvalue weighted by molar-refractivity contribution is -0.198. The molecule has 4 aliphatic rings. The number of hydrogen-bond donors (Lipinski definition) is 0. The molecule has 0 radical (unpaired) electrons. The number of carbonyl (C=O) groups is 2. The van der Waals surface area contributed by atoms with E-state index >= 15 is 0 Å². The summed E-state index contributed by atoms with van der Waals surface area (Å²) in [5, 5.41) is 0. The molecule has 4 heteroatoms. The van der Waals surface area contributed by atoms with E-state index in [4.69, 9.17) is 9.47 Å². The zero-order chi connectivity index (χ0) is 35.7. The maximum Gasteiger partial charge on any atom is 0.310 e. The second-order valence-corrected chi connectivity index (χ2v) is 19.6. The van der Waals surface area contributed by atoms with Gasteiger partial charge in [0.15, 0.2) is 0 Å². The topological polar surface area (TPSA) is 55.9 Å². The zero-order valence-corrected chi connectivity index (χ0v) is 33.8. The number of Topliss-reactive ketones (excluding diaryl/α,β-unsaturated/α-hetero) is 1. The van der Waals surface area contributed by atoms with Gasteiger partial charge in [0.25, 0.3) is 0 Å². The normalized spacial score (nSPS) is 31.3. The van der Waals surface area contributed by atoms with Gasteiger partial charge in [-0.05, 0) is 108 Å². The minimum Gasteiger partial charge on any atom is -0.462 e. The van der Waals surface area contributed by atoms with Crippen molar-refractivity contribution >= 4 is 11.8 Å². The maximum absolute atomic E-state index is 15.0. The van der Waals surface area contributed by atoms with Crippen molar-refractivity contribution in [2.24, 2.45) is 73.9 Å². The Bertz CT molecular complexity index is 1130. The van der Waals surface area contributed by atoms with Crippen LogP contribution in [0.3, 0.4) is 0 Å². The van der Waals surface area contributed by atoms with E-state index in [2.05, 4.69) is 104 Å². The highest BCUT2D eigenvalue weighted by molar-refractivity contribution is 5.81. The van der Waals surface area contributed by atoms with Gasteiger partial charge in [-0.25, -0.2) is 0 Å². The second kappa shape index (κ2) is 13.0. The molecular formula is C43H76O4. The number of hydrogen-bond acceptors (Lipinski definition) is 4. The second-order valence-electron chi connectivity index (χ2n) is 19.6. The fraction of sp³-hybridized carbons (Fsp3) is 0.953. The first-order chi connectivity index (χ1) is 21.7. The Balaban J connectivity index is 1.79. The van der Waals surface area contributed by atoms with Crippen LogP contribution in [0.15, 0.2) is 0 Å². The lowest BCUT2D eigenvalue weighted by atomic mass is 9.39. The van der Waals surface area contributed by atoms with E-state index < -0.39 is 10.8 Å². The van der Waals surface area contributed by atoms with Crippen LogP contribution in [-0.2, 0) is 19.1 Å². The molecule has 0 aromatic heterocycles. The number of rotatable bonds is 16. The van der Waals surface area contributed by atoms with Crippen LogP contribution in [0.2, 0.25) is 0 Å². The van der Waals surface area contributed by atoms with Gasteiger partial charge in [0, 0.05) is 11.8 Å². The molecule has 0 spiro atoms. The molecule has 0 N–H and O–H groups in total. The molecule has 4 rings (SSSR count). The lowest BCUT2D eigenvalue weighted by Crippen LogP contribution is -2.62. The molecule has 272 valence electrons. The van der Waals surface area contributed by atoms with E-state index in [-0.39, 0.29) is 51.4 Å². The van der Waals surface area contributed by atoms with Gasteiger partial charge in [0.1, 0.15) is 11.9 Å². The highest BCUT2D eigenvalue weighted by Crippen LogP contribution is 2.69. The first-order valence-electron chi connectivity index (χ1n) is 20.0. The predicted octanol–water partition coefficient (Wildman–Crippen LogP) is 11.3. The minimum absolute atomic E-state index is 0.00519. The molecule has 0 amide bonds. The van der Waals surface area contributed by atoms with Gasteiger partial charge in [-0.3, -0.25) is 9.59 Å². The summed E-state index contributed by atoms with van der Waals surface area (Å²) >= 11 is 0. The number of fused-ring (bicyclic) bond motifs is 7. The van der Waals surface area contributed by atoms with Crippen LogP contribution < -0.4 is 0 Å². The molecule has 1 heterocycles. The third-order valence-corrected chi connectivity index (χ3v) is 17.1. The smallest absolute Gasteiger partial charge is 0.310 e. The molecule has 0 aromatic rings. The molecule has 3 saturated carbocycles. The fourth-order valence-electron chi connectivity index (χ4n) is 13.9. The summed E-state index contributed by atoms with van der Waals surface area (Å²) in [4.78, 5) is 29.5. The highest BCUT2D eigenvalue weighted by atomic mass is 16.6. The van der Waals surface area contributed by atoms with Gasteiger partial charge in [0.2, 0.25) is 0 Å². The molecule has 1 saturated heterocycles. The van der Waals surface area contributed by atoms with E-state index in [1.807, 2.05) is 6.92 Å². The number of carbonyl (C=O) groups excluding carboxylic acids is 2. The lowest BCUT2D eigenvalue weighted by Gasteiger charge is -2.64. The monoisotopic (exact) mass is 657 g/mol. The van der Waals surface area contributed by atoms with Crippen LogP contribution in [0.1, 0.15) is 169 Å². The van der Waals surface area contributed by atoms with Crippen molar-refractivity contribution in [2.45, 2.75) is 187 Å². The summed E-state index contributed by atoms with van der Waals surface area (Å²) in [6.07, 6.45) is 10.1. The van der Waals surface area contributed by atoms with Gasteiger partial charge in [-0.1, -0.05) is 117 Å². The van der Waals surface area contributed by atoms with Gasteiger partial charge >= 0.3 is 5.97 Å². The molecule has 1 aliphatic heterocycles. The van der Waals surface area contributed by atoms with Crippen LogP contribution in [0.4, 0.5) is 0 Å². The summed E-state index contributed by atoms with van der Waals surface area (Å²) < 4.78 is 12.8. The molecular weight excluding hydrogens is 580 g/mol. The fourth-order valence-corrected chi connectivity index (χ4v) is 13.9. The molecule has 10 unspecified atom stereocenters. The average Bonchev–Trinajstić information content (AvgIpc) is 3.30. The van der Waals surface area contributed by atoms with E-state index in [0.29, 0.717) is 35.9 Å². The van der Waals surface area contributed by atoms with E-state index in [0.717, 1.165) is 50.9 Å². The summed E-state index contributed by atoms with van der Waals surface area (Å²) in [5.41, 5.74) is -1.38. The molecule has 10 atom stereocenters. The minimum atomic E-state index is -0.461. The van der Waals surface area contributed by atoms with E-state index in [1.54, 1.807) is 0 Å². The van der Waals surface area contributed by atoms with Crippen LogP contribution >= 0.6 is 0 Å². The number of epoxide rings is 1. The highest BCUT2D eigenvalue weighted by Gasteiger charge is 2.69.